The largest absolute Gasteiger partial charge is 0.495 e. The van der Waals surface area contributed by atoms with E-state index in [1.807, 2.05) is 50.2 Å². The minimum Gasteiger partial charge on any atom is -0.495 e. The van der Waals surface area contributed by atoms with Gasteiger partial charge in [-0.15, -0.1) is 0 Å². The van der Waals surface area contributed by atoms with Crippen molar-refractivity contribution in [3.8, 4) is 11.5 Å². The van der Waals surface area contributed by atoms with Crippen molar-refractivity contribution in [2.45, 2.75) is 137 Å². The number of hydrogen-bond donors (Lipinski definition) is 2. The van der Waals surface area contributed by atoms with Gasteiger partial charge >= 0.3 is 6.03 Å². The average Bonchev–Trinajstić information content (AvgIpc) is 4.00. The molecule has 3 aromatic rings. The Morgan fingerprint density at radius 1 is 0.831 bits per heavy atom. The fraction of sp³-hybridized carbons (Fsp3) is 0.511. The number of imide groups is 1. The lowest BCUT2D eigenvalue weighted by Gasteiger charge is -2.31. The lowest BCUT2D eigenvalue weighted by molar-refractivity contribution is -0.149. The van der Waals surface area contributed by atoms with Gasteiger partial charge in [0.15, 0.2) is 17.9 Å². The molecule has 0 aromatic heterocycles. The van der Waals surface area contributed by atoms with Crippen molar-refractivity contribution in [1.29, 1.82) is 0 Å². The number of rotatable bonds is 20. The van der Waals surface area contributed by atoms with Crippen molar-refractivity contribution < 1.29 is 38.2 Å². The molecule has 2 aliphatic rings. The molecule has 12 heteroatoms. The van der Waals surface area contributed by atoms with Crippen molar-refractivity contribution in [2.75, 3.05) is 24.4 Å². The number of carbonyl (C=O) groups excluding carboxylic acids is 5. The van der Waals surface area contributed by atoms with E-state index in [4.69, 9.17) is 14.2 Å². The topological polar surface area (TPSA) is 144 Å². The maximum Gasteiger partial charge on any atom is 0.330 e. The number of nitrogens with zero attached hydrogens (tertiary/aromatic N) is 2. The smallest absolute Gasteiger partial charge is 0.330 e. The van der Waals surface area contributed by atoms with Gasteiger partial charge in [-0.3, -0.25) is 24.1 Å². The first-order chi connectivity index (χ1) is 28.0. The summed E-state index contributed by atoms with van der Waals surface area (Å²) in [5.74, 6) is -1.70. The van der Waals surface area contributed by atoms with Crippen LogP contribution in [-0.4, -0.2) is 71.4 Å². The second kappa shape index (κ2) is 18.4. The molecule has 1 aliphatic heterocycles. The molecule has 2 N–H and O–H groups in total. The Bertz CT molecular complexity index is 2020. The van der Waals surface area contributed by atoms with Crippen molar-refractivity contribution in [2.24, 2.45) is 5.41 Å². The number of methoxy groups -OCH3 is 1. The van der Waals surface area contributed by atoms with Crippen LogP contribution < -0.4 is 20.1 Å². The van der Waals surface area contributed by atoms with Gasteiger partial charge in [-0.2, -0.15) is 0 Å². The highest BCUT2D eigenvalue weighted by atomic mass is 16.5. The maximum atomic E-state index is 14.5. The van der Waals surface area contributed by atoms with Gasteiger partial charge in [0.05, 0.1) is 19.3 Å². The number of amides is 5. The molecule has 12 nitrogen and oxygen atoms in total. The molecule has 1 saturated heterocycles. The molecule has 0 bridgehead atoms. The number of ketones is 1. The number of carbonyl (C=O) groups is 5. The molecule has 1 saturated carbocycles. The molecule has 5 rings (SSSR count). The van der Waals surface area contributed by atoms with Crippen molar-refractivity contribution in [3.63, 3.8) is 0 Å². The predicted octanol–water partition coefficient (Wildman–Crippen LogP) is 8.76. The second-order valence-corrected chi connectivity index (χ2v) is 16.9. The van der Waals surface area contributed by atoms with Gasteiger partial charge in [0.2, 0.25) is 6.23 Å². The van der Waals surface area contributed by atoms with Gasteiger partial charge in [0, 0.05) is 23.3 Å². The monoisotopic (exact) mass is 810 g/mol. The van der Waals surface area contributed by atoms with E-state index >= 15 is 0 Å². The molecule has 3 atom stereocenters. The summed E-state index contributed by atoms with van der Waals surface area (Å²) in [6.07, 6.45) is 1.57. The molecule has 0 radical (unpaired) electrons. The van der Waals surface area contributed by atoms with Crippen LogP contribution in [0.25, 0.3) is 0 Å². The molecular weight excluding hydrogens is 749 g/mol. The number of nitrogens with one attached hydrogen (secondary N) is 2. The van der Waals surface area contributed by atoms with Gasteiger partial charge in [-0.05, 0) is 91.7 Å². The van der Waals surface area contributed by atoms with Crippen LogP contribution >= 0.6 is 0 Å². The first-order valence-electron chi connectivity index (χ1n) is 21.0. The Morgan fingerprint density at radius 3 is 2.07 bits per heavy atom. The van der Waals surface area contributed by atoms with Gasteiger partial charge in [-0.25, -0.2) is 9.69 Å². The Morgan fingerprint density at radius 2 is 1.49 bits per heavy atom. The van der Waals surface area contributed by atoms with Gasteiger partial charge in [0.25, 0.3) is 17.7 Å². The minimum atomic E-state index is -1.78. The Balaban J connectivity index is 1.42. The van der Waals surface area contributed by atoms with Crippen LogP contribution in [0, 0.1) is 5.41 Å². The summed E-state index contributed by atoms with van der Waals surface area (Å²) >= 11 is 0. The molecule has 1 aliphatic carbocycles. The number of hydrogen-bond acceptors (Lipinski definition) is 8. The molecular formula is C47H62N4O8. The summed E-state index contributed by atoms with van der Waals surface area (Å²) in [6.45, 7) is 18.7. The van der Waals surface area contributed by atoms with Crippen LogP contribution in [-0.2, 0) is 41.3 Å². The van der Waals surface area contributed by atoms with E-state index in [9.17, 15) is 24.0 Å². The van der Waals surface area contributed by atoms with Crippen molar-refractivity contribution >= 4 is 40.9 Å². The molecule has 5 amide bonds. The normalized spacial score (nSPS) is 17.4. The highest BCUT2D eigenvalue weighted by Crippen LogP contribution is 2.51. The molecule has 3 aromatic carbocycles. The summed E-state index contributed by atoms with van der Waals surface area (Å²) in [5, 5.41) is 5.70. The first-order valence-corrected chi connectivity index (χ1v) is 21.0. The van der Waals surface area contributed by atoms with Gasteiger partial charge < -0.3 is 24.8 Å². The lowest BCUT2D eigenvalue weighted by atomic mass is 9.76. The number of benzene rings is 3. The second-order valence-electron chi connectivity index (χ2n) is 16.9. The van der Waals surface area contributed by atoms with Crippen LogP contribution in [0.4, 0.5) is 16.2 Å². The molecule has 2 fully saturated rings. The number of urea groups is 1. The van der Waals surface area contributed by atoms with Gasteiger partial charge in [0.1, 0.15) is 11.5 Å². The lowest BCUT2D eigenvalue weighted by Crippen LogP contribution is -2.54. The zero-order chi connectivity index (χ0) is 43.3. The third kappa shape index (κ3) is 9.48. The van der Waals surface area contributed by atoms with Crippen molar-refractivity contribution in [3.05, 3.63) is 83.4 Å². The zero-order valence-electron chi connectivity index (χ0n) is 36.4. The van der Waals surface area contributed by atoms with E-state index in [0.29, 0.717) is 37.1 Å². The molecule has 3 unspecified atom stereocenters. The summed E-state index contributed by atoms with van der Waals surface area (Å²) < 4.78 is 17.8. The third-order valence-electron chi connectivity index (χ3n) is 12.4. The standard InChI is InChI=1S/C47H62N4O8/c1-11-35(59-36-23-21-31(45(6,7)12-2)27-33(36)46(8,9)13-3)40(53)48-32-22-24-37(57-10)34(28-32)49-41(54)38(39(52)47(14-4)25-26-47)51-42(55)43(58-15-5)50(44(51)56)29-30-19-17-16-18-20-30/h16-24,27-28,35,38,43H,11-15,25-26,29H2,1-10H3,(H,48,53)(H,49,54). The first kappa shape index (κ1) is 44.9. The third-order valence-corrected chi connectivity index (χ3v) is 12.4. The summed E-state index contributed by atoms with van der Waals surface area (Å²) in [6, 6.07) is 17.5. The highest BCUT2D eigenvalue weighted by Gasteiger charge is 2.59. The quantitative estimate of drug-likeness (QED) is 0.0852. The fourth-order valence-corrected chi connectivity index (χ4v) is 7.40. The van der Waals surface area contributed by atoms with Crippen LogP contribution in [0.15, 0.2) is 66.7 Å². The Hall–Kier alpha value is -5.23. The van der Waals surface area contributed by atoms with Crippen LogP contribution in [0.5, 0.6) is 11.5 Å². The van der Waals surface area contributed by atoms with E-state index in [2.05, 4.69) is 64.3 Å². The zero-order valence-corrected chi connectivity index (χ0v) is 36.4. The summed E-state index contributed by atoms with van der Waals surface area (Å²) in [7, 11) is 1.42. The number of anilines is 2. The van der Waals surface area contributed by atoms with E-state index in [1.165, 1.54) is 23.6 Å². The summed E-state index contributed by atoms with van der Waals surface area (Å²) in [4.78, 5) is 72.9. The molecule has 318 valence electrons. The van der Waals surface area contributed by atoms with Crippen LogP contribution in [0.1, 0.15) is 118 Å². The van der Waals surface area contributed by atoms with Crippen LogP contribution in [0.2, 0.25) is 0 Å². The van der Waals surface area contributed by atoms with E-state index in [0.717, 1.165) is 28.9 Å². The number of Topliss-reactive ketones (excluding diaryl/α,β-unsaturated/α-hetero) is 1. The van der Waals surface area contributed by atoms with E-state index in [-0.39, 0.29) is 35.4 Å². The SMILES string of the molecule is CCOC1C(=O)N(C(C(=O)Nc2cc(NC(=O)C(CC)Oc3ccc(C(C)(C)CC)cc3C(C)(C)CC)ccc2OC)C(=O)C2(CC)CC2)C(=O)N1Cc1ccccc1. The van der Waals surface area contributed by atoms with E-state index < -0.39 is 53.3 Å². The minimum absolute atomic E-state index is 0.0309. The predicted molar refractivity (Wildman–Crippen MR) is 228 cm³/mol. The van der Waals surface area contributed by atoms with Crippen LogP contribution in [0.3, 0.4) is 0 Å². The Kier molecular flexibility index (Phi) is 14.0. The van der Waals surface area contributed by atoms with Gasteiger partial charge in [-0.1, -0.05) is 97.9 Å². The Labute approximate surface area is 349 Å². The fourth-order valence-electron chi connectivity index (χ4n) is 7.40. The van der Waals surface area contributed by atoms with E-state index in [1.54, 1.807) is 19.1 Å². The number of ether oxygens (including phenoxy) is 3. The summed E-state index contributed by atoms with van der Waals surface area (Å²) in [5.41, 5.74) is 2.36. The maximum absolute atomic E-state index is 14.5. The van der Waals surface area contributed by atoms with Crippen molar-refractivity contribution in [1.82, 2.24) is 9.80 Å². The molecule has 0 spiro atoms. The molecule has 1 heterocycles. The highest BCUT2D eigenvalue weighted by molar-refractivity contribution is 6.20. The average molecular weight is 811 g/mol. The molecule has 59 heavy (non-hydrogen) atoms.